The van der Waals surface area contributed by atoms with E-state index in [0.717, 1.165) is 17.7 Å². The number of benzene rings is 1. The molecule has 8 heteroatoms. The van der Waals surface area contributed by atoms with Crippen molar-refractivity contribution in [1.82, 2.24) is 5.32 Å². The number of hydrogen-bond donors (Lipinski definition) is 3. The number of hydrogen-bond acceptors (Lipinski definition) is 6. The number of aliphatic hydroxyl groups excluding tert-OH is 1. The molecule has 0 aromatic heterocycles. The average molecular weight is 392 g/mol. The summed E-state index contributed by atoms with van der Waals surface area (Å²) in [6.45, 7) is 2.44. The van der Waals surface area contributed by atoms with Gasteiger partial charge in [0.15, 0.2) is 0 Å². The van der Waals surface area contributed by atoms with Gasteiger partial charge in [-0.05, 0) is 31.0 Å². The fourth-order valence-electron chi connectivity index (χ4n) is 3.84. The quantitative estimate of drug-likeness (QED) is 0.614. The Labute approximate surface area is 164 Å². The second-order valence-corrected chi connectivity index (χ2v) is 7.19. The number of rotatable bonds is 8. The summed E-state index contributed by atoms with van der Waals surface area (Å²) < 4.78 is 16.8. The van der Waals surface area contributed by atoms with Gasteiger partial charge >= 0.3 is 0 Å². The van der Waals surface area contributed by atoms with Gasteiger partial charge < -0.3 is 30.0 Å². The van der Waals surface area contributed by atoms with Crippen molar-refractivity contribution in [3.63, 3.8) is 0 Å². The normalized spacial score (nSPS) is 25.4. The highest BCUT2D eigenvalue weighted by Gasteiger charge is 2.46. The number of ether oxygens (including phenoxy) is 3. The lowest BCUT2D eigenvalue weighted by Gasteiger charge is -2.37. The van der Waals surface area contributed by atoms with Crippen LogP contribution in [0.5, 0.6) is 5.75 Å². The number of methoxy groups -OCH3 is 1. The maximum atomic E-state index is 12.1. The molecule has 1 aromatic carbocycles. The van der Waals surface area contributed by atoms with E-state index in [1.807, 2.05) is 19.1 Å². The minimum Gasteiger partial charge on any atom is -0.487 e. The number of fused-ring (bicyclic) bond motifs is 3. The molecule has 0 radical (unpaired) electrons. The van der Waals surface area contributed by atoms with Crippen LogP contribution in [-0.2, 0) is 19.1 Å². The number of amides is 2. The molecule has 1 saturated heterocycles. The fraction of sp³-hybridized carbons (Fsp3) is 0.600. The zero-order valence-electron chi connectivity index (χ0n) is 16.3. The summed E-state index contributed by atoms with van der Waals surface area (Å²) in [5.41, 5.74) is 1.62. The van der Waals surface area contributed by atoms with Gasteiger partial charge in [0.25, 0.3) is 0 Å². The Hall–Kier alpha value is -2.16. The molecule has 0 spiro atoms. The first-order valence-corrected chi connectivity index (χ1v) is 9.68. The Morgan fingerprint density at radius 2 is 2.14 bits per heavy atom. The van der Waals surface area contributed by atoms with Crippen LogP contribution in [0.4, 0.5) is 5.69 Å². The van der Waals surface area contributed by atoms with Crippen LogP contribution >= 0.6 is 0 Å². The van der Waals surface area contributed by atoms with Crippen molar-refractivity contribution in [3.8, 4) is 5.75 Å². The number of aliphatic hydroxyl groups is 1. The molecule has 1 fully saturated rings. The smallest absolute Gasteiger partial charge is 0.250 e. The van der Waals surface area contributed by atoms with Gasteiger partial charge in [0.1, 0.15) is 24.6 Å². The first-order valence-electron chi connectivity index (χ1n) is 9.68. The highest BCUT2D eigenvalue weighted by molar-refractivity contribution is 5.91. The molecule has 3 N–H and O–H groups in total. The highest BCUT2D eigenvalue weighted by atomic mass is 16.6. The molecule has 3 rings (SSSR count). The van der Waals surface area contributed by atoms with E-state index in [9.17, 15) is 14.7 Å². The van der Waals surface area contributed by atoms with Crippen LogP contribution in [0.3, 0.4) is 0 Å². The van der Waals surface area contributed by atoms with Gasteiger partial charge in [0.05, 0.1) is 19.1 Å². The summed E-state index contributed by atoms with van der Waals surface area (Å²) in [6.07, 6.45) is 0.640. The molecule has 1 aromatic rings. The Morgan fingerprint density at radius 1 is 1.32 bits per heavy atom. The van der Waals surface area contributed by atoms with Gasteiger partial charge in [-0.3, -0.25) is 9.59 Å². The van der Waals surface area contributed by atoms with Crippen molar-refractivity contribution in [1.29, 1.82) is 0 Å². The maximum absolute atomic E-state index is 12.1. The van der Waals surface area contributed by atoms with Crippen molar-refractivity contribution in [2.24, 2.45) is 0 Å². The summed E-state index contributed by atoms with van der Waals surface area (Å²) in [6, 6.07) is 5.48. The van der Waals surface area contributed by atoms with Gasteiger partial charge in [-0.25, -0.2) is 0 Å². The zero-order chi connectivity index (χ0) is 20.1. The van der Waals surface area contributed by atoms with Gasteiger partial charge in [-0.2, -0.15) is 0 Å². The van der Waals surface area contributed by atoms with E-state index in [1.54, 1.807) is 6.07 Å². The van der Waals surface area contributed by atoms with E-state index >= 15 is 0 Å². The van der Waals surface area contributed by atoms with Crippen LogP contribution in [0, 0.1) is 0 Å². The standard InChI is InChI=1S/C20H28N2O6/c1-3-6-21-18(24)9-13-8-15-14-7-12(22-19(25)11-26-2)4-5-16(14)28-20(15)17(10-23)27-13/h4-5,7,13,15,17,20,23H,3,6,8-11H2,1-2H3,(H,21,24)(H,22,25)/t13-,15-,17-,20+/m0/s1. The molecule has 4 atom stereocenters. The molecule has 2 heterocycles. The van der Waals surface area contributed by atoms with E-state index in [-0.39, 0.29) is 49.6 Å². The summed E-state index contributed by atoms with van der Waals surface area (Å²) in [5.74, 6) is 0.423. The molecule has 0 bridgehead atoms. The van der Waals surface area contributed by atoms with Crippen LogP contribution in [0.15, 0.2) is 18.2 Å². The van der Waals surface area contributed by atoms with Crippen molar-refractivity contribution in [3.05, 3.63) is 23.8 Å². The molecule has 28 heavy (non-hydrogen) atoms. The van der Waals surface area contributed by atoms with Crippen molar-refractivity contribution in [2.45, 2.75) is 50.4 Å². The molecule has 2 amide bonds. The van der Waals surface area contributed by atoms with Crippen molar-refractivity contribution in [2.75, 3.05) is 32.2 Å². The maximum Gasteiger partial charge on any atom is 0.250 e. The molecule has 2 aliphatic rings. The highest BCUT2D eigenvalue weighted by Crippen LogP contribution is 2.47. The van der Waals surface area contributed by atoms with E-state index in [1.165, 1.54) is 7.11 Å². The first kappa shape index (κ1) is 20.6. The average Bonchev–Trinajstić information content (AvgIpc) is 3.04. The van der Waals surface area contributed by atoms with Crippen LogP contribution in [0.1, 0.15) is 37.7 Å². The number of anilines is 1. The van der Waals surface area contributed by atoms with Gasteiger partial charge in [-0.15, -0.1) is 0 Å². The first-order chi connectivity index (χ1) is 13.5. The minimum atomic E-state index is -0.498. The van der Waals surface area contributed by atoms with Gasteiger partial charge in [-0.1, -0.05) is 6.92 Å². The molecule has 8 nitrogen and oxygen atoms in total. The van der Waals surface area contributed by atoms with Gasteiger partial charge in [0.2, 0.25) is 11.8 Å². The number of nitrogens with one attached hydrogen (secondary N) is 2. The molecular weight excluding hydrogens is 364 g/mol. The zero-order valence-corrected chi connectivity index (χ0v) is 16.3. The molecule has 2 aliphatic heterocycles. The Balaban J connectivity index is 1.74. The molecular formula is C20H28N2O6. The van der Waals surface area contributed by atoms with E-state index in [0.29, 0.717) is 18.7 Å². The molecule has 0 saturated carbocycles. The van der Waals surface area contributed by atoms with Crippen LogP contribution in [0.2, 0.25) is 0 Å². The third kappa shape index (κ3) is 4.63. The Kier molecular flexibility index (Phi) is 6.88. The van der Waals surface area contributed by atoms with Gasteiger partial charge in [0, 0.05) is 30.8 Å². The van der Waals surface area contributed by atoms with E-state index in [4.69, 9.17) is 14.2 Å². The summed E-state index contributed by atoms with van der Waals surface area (Å²) in [7, 11) is 1.47. The summed E-state index contributed by atoms with van der Waals surface area (Å²) in [4.78, 5) is 23.9. The van der Waals surface area contributed by atoms with Crippen molar-refractivity contribution >= 4 is 17.5 Å². The summed E-state index contributed by atoms with van der Waals surface area (Å²) >= 11 is 0. The lowest BCUT2D eigenvalue weighted by Crippen LogP contribution is -2.47. The Morgan fingerprint density at radius 3 is 2.86 bits per heavy atom. The fourth-order valence-corrected chi connectivity index (χ4v) is 3.84. The van der Waals surface area contributed by atoms with E-state index in [2.05, 4.69) is 10.6 Å². The third-order valence-electron chi connectivity index (χ3n) is 5.04. The predicted molar refractivity (Wildman–Crippen MR) is 102 cm³/mol. The Bertz CT molecular complexity index is 710. The lowest BCUT2D eigenvalue weighted by molar-refractivity contribution is -0.142. The lowest BCUT2D eigenvalue weighted by atomic mass is 9.84. The SMILES string of the molecule is CCCNC(=O)C[C@@H]1C[C@H]2c3cc(NC(=O)COC)ccc3O[C@H]2[C@H](CO)O1. The van der Waals surface area contributed by atoms with Crippen LogP contribution in [0.25, 0.3) is 0 Å². The van der Waals surface area contributed by atoms with Crippen LogP contribution in [-0.4, -0.2) is 62.1 Å². The van der Waals surface area contributed by atoms with E-state index < -0.39 is 6.10 Å². The molecule has 0 unspecified atom stereocenters. The van der Waals surface area contributed by atoms with Crippen molar-refractivity contribution < 1.29 is 28.9 Å². The monoisotopic (exact) mass is 392 g/mol. The topological polar surface area (TPSA) is 106 Å². The largest absolute Gasteiger partial charge is 0.487 e. The minimum absolute atomic E-state index is 0.0100. The second-order valence-electron chi connectivity index (χ2n) is 7.19. The predicted octanol–water partition coefficient (Wildman–Crippen LogP) is 1.18. The molecule has 154 valence electrons. The second kappa shape index (κ2) is 9.36. The number of carbonyl (C=O) groups is 2. The number of carbonyl (C=O) groups excluding carboxylic acids is 2. The molecule has 0 aliphatic carbocycles. The van der Waals surface area contributed by atoms with Crippen LogP contribution < -0.4 is 15.4 Å². The summed E-state index contributed by atoms with van der Waals surface area (Å²) in [5, 5.41) is 15.4. The third-order valence-corrected chi connectivity index (χ3v) is 5.04.